The third kappa shape index (κ3) is 4.86. The molecule has 4 aromatic carbocycles. The summed E-state index contributed by atoms with van der Waals surface area (Å²) in [6, 6.07) is 32.1. The highest BCUT2D eigenvalue weighted by Gasteiger charge is 2.23. The molecule has 5 nitrogen and oxygen atoms in total. The number of ether oxygens (including phenoxy) is 2. The summed E-state index contributed by atoms with van der Waals surface area (Å²) in [6.45, 7) is 6.59. The van der Waals surface area contributed by atoms with Gasteiger partial charge in [0.2, 0.25) is 11.8 Å². The van der Waals surface area contributed by atoms with E-state index in [2.05, 4.69) is 67.4 Å². The van der Waals surface area contributed by atoms with Crippen LogP contribution in [0, 0.1) is 6.92 Å². The van der Waals surface area contributed by atoms with Crippen LogP contribution >= 0.6 is 0 Å². The van der Waals surface area contributed by atoms with E-state index in [0.29, 0.717) is 11.8 Å². The number of nitrogens with zero attached hydrogens (tertiary/aromatic N) is 2. The minimum absolute atomic E-state index is 0.0946. The number of aryl methyl sites for hydroxylation is 1. The smallest absolute Gasteiger partial charge is 0.248 e. The van der Waals surface area contributed by atoms with Crippen LogP contribution in [-0.2, 0) is 5.41 Å². The normalized spacial score (nSPS) is 11.3. The van der Waals surface area contributed by atoms with Gasteiger partial charge in [-0.1, -0.05) is 55.8 Å². The van der Waals surface area contributed by atoms with Crippen molar-refractivity contribution in [1.82, 2.24) is 10.2 Å². The summed E-state index contributed by atoms with van der Waals surface area (Å²) in [6.07, 6.45) is 0. The summed E-state index contributed by atoms with van der Waals surface area (Å²) in [5.74, 6) is 3.21. The third-order valence-electron chi connectivity index (χ3n) is 6.45. The molecule has 180 valence electrons. The summed E-state index contributed by atoms with van der Waals surface area (Å²) in [4.78, 5) is 0. The molecule has 0 aliphatic rings. The van der Waals surface area contributed by atoms with Gasteiger partial charge in [-0.2, -0.15) is 0 Å². The Morgan fingerprint density at radius 2 is 1.00 bits per heavy atom. The molecular formula is C31H28N2O3. The lowest BCUT2D eigenvalue weighted by Gasteiger charge is -2.26. The van der Waals surface area contributed by atoms with Crippen molar-refractivity contribution in [1.29, 1.82) is 0 Å². The van der Waals surface area contributed by atoms with Gasteiger partial charge in [0.1, 0.15) is 17.2 Å². The molecule has 0 saturated heterocycles. The van der Waals surface area contributed by atoms with E-state index in [-0.39, 0.29) is 5.41 Å². The topological polar surface area (TPSA) is 57.4 Å². The first-order valence-corrected chi connectivity index (χ1v) is 11.9. The molecule has 0 aliphatic heterocycles. The lowest BCUT2D eigenvalue weighted by molar-refractivity contribution is 0.415. The van der Waals surface area contributed by atoms with E-state index in [1.807, 2.05) is 60.7 Å². The average molecular weight is 477 g/mol. The fourth-order valence-electron chi connectivity index (χ4n) is 4.07. The molecule has 1 heterocycles. The van der Waals surface area contributed by atoms with E-state index < -0.39 is 0 Å². The molecule has 0 bridgehead atoms. The molecule has 1 aromatic heterocycles. The van der Waals surface area contributed by atoms with Gasteiger partial charge >= 0.3 is 0 Å². The Kier molecular flexibility index (Phi) is 6.30. The second-order valence-corrected chi connectivity index (χ2v) is 9.28. The highest BCUT2D eigenvalue weighted by atomic mass is 16.5. The van der Waals surface area contributed by atoms with Crippen LogP contribution in [0.1, 0.15) is 30.5 Å². The summed E-state index contributed by atoms with van der Waals surface area (Å²) >= 11 is 0. The summed E-state index contributed by atoms with van der Waals surface area (Å²) in [5, 5.41) is 8.37. The number of aromatic nitrogens is 2. The van der Waals surface area contributed by atoms with Crippen LogP contribution in [0.4, 0.5) is 0 Å². The van der Waals surface area contributed by atoms with Gasteiger partial charge in [-0.15, -0.1) is 10.2 Å². The summed E-state index contributed by atoms with van der Waals surface area (Å²) < 4.78 is 17.1. The van der Waals surface area contributed by atoms with Gasteiger partial charge in [0.05, 0.1) is 7.11 Å². The quantitative estimate of drug-likeness (QED) is 0.239. The zero-order valence-electron chi connectivity index (χ0n) is 20.9. The predicted molar refractivity (Wildman–Crippen MR) is 142 cm³/mol. The van der Waals surface area contributed by atoms with Crippen molar-refractivity contribution < 1.29 is 13.9 Å². The van der Waals surface area contributed by atoms with Crippen molar-refractivity contribution in [2.45, 2.75) is 26.2 Å². The Hall–Kier alpha value is -4.38. The van der Waals surface area contributed by atoms with Gasteiger partial charge in [0.15, 0.2) is 0 Å². The molecule has 0 aliphatic carbocycles. The molecule has 5 aromatic rings. The van der Waals surface area contributed by atoms with Gasteiger partial charge in [-0.05, 0) is 78.7 Å². The first kappa shape index (κ1) is 23.4. The number of rotatable bonds is 7. The van der Waals surface area contributed by atoms with E-state index >= 15 is 0 Å². The lowest BCUT2D eigenvalue weighted by Crippen LogP contribution is -2.18. The van der Waals surface area contributed by atoms with E-state index in [0.717, 1.165) is 28.4 Å². The lowest BCUT2D eigenvalue weighted by atomic mass is 9.78. The van der Waals surface area contributed by atoms with E-state index in [1.54, 1.807) is 7.11 Å². The SMILES string of the molecule is COc1ccc(-c2nnc(-c3ccc(Oc4ccc(C(C)(C)c5ccc(C)cc5)cc4)cc3)o2)cc1. The second-order valence-electron chi connectivity index (χ2n) is 9.28. The Morgan fingerprint density at radius 1 is 0.583 bits per heavy atom. The van der Waals surface area contributed by atoms with Crippen LogP contribution in [0.25, 0.3) is 22.9 Å². The van der Waals surface area contributed by atoms with E-state index in [9.17, 15) is 0 Å². The van der Waals surface area contributed by atoms with Crippen molar-refractivity contribution >= 4 is 0 Å². The van der Waals surface area contributed by atoms with Crippen LogP contribution in [-0.4, -0.2) is 17.3 Å². The molecule has 0 amide bonds. The zero-order valence-corrected chi connectivity index (χ0v) is 20.9. The maximum atomic E-state index is 6.08. The first-order valence-electron chi connectivity index (χ1n) is 11.9. The standard InChI is InChI=1S/C31H28N2O3/c1-21-5-11-24(12-6-21)31(2,3)25-13-19-28(20-14-25)35-27-17-9-23(10-18-27)30-33-32-29(36-30)22-7-15-26(34-4)16-8-22/h5-20H,1-4H3. The molecule has 0 unspecified atom stereocenters. The van der Waals surface area contributed by atoms with Gasteiger partial charge in [-0.3, -0.25) is 0 Å². The van der Waals surface area contributed by atoms with Crippen LogP contribution < -0.4 is 9.47 Å². The average Bonchev–Trinajstić information content (AvgIpc) is 3.40. The molecule has 5 rings (SSSR count). The van der Waals surface area contributed by atoms with Gasteiger partial charge in [0.25, 0.3) is 0 Å². The van der Waals surface area contributed by atoms with Crippen LogP contribution in [0.3, 0.4) is 0 Å². The Bertz CT molecular complexity index is 1430. The summed E-state index contributed by atoms with van der Waals surface area (Å²) in [5.41, 5.74) is 5.35. The van der Waals surface area contributed by atoms with Crippen LogP contribution in [0.2, 0.25) is 0 Å². The van der Waals surface area contributed by atoms with E-state index in [4.69, 9.17) is 13.9 Å². The number of benzene rings is 4. The Balaban J connectivity index is 1.27. The Morgan fingerprint density at radius 3 is 1.47 bits per heavy atom. The summed E-state index contributed by atoms with van der Waals surface area (Å²) in [7, 11) is 1.63. The van der Waals surface area contributed by atoms with Gasteiger partial charge < -0.3 is 13.9 Å². The van der Waals surface area contributed by atoms with E-state index in [1.165, 1.54) is 16.7 Å². The number of hydrogen-bond acceptors (Lipinski definition) is 5. The molecule has 5 heteroatoms. The van der Waals surface area contributed by atoms with Gasteiger partial charge in [-0.25, -0.2) is 0 Å². The molecule has 0 spiro atoms. The molecular weight excluding hydrogens is 448 g/mol. The number of hydrogen-bond donors (Lipinski definition) is 0. The van der Waals surface area contributed by atoms with Crippen molar-refractivity contribution in [2.24, 2.45) is 0 Å². The molecule has 0 saturated carbocycles. The van der Waals surface area contributed by atoms with Crippen molar-refractivity contribution in [2.75, 3.05) is 7.11 Å². The highest BCUT2D eigenvalue weighted by Crippen LogP contribution is 2.34. The fraction of sp³-hybridized carbons (Fsp3) is 0.161. The number of methoxy groups -OCH3 is 1. The highest BCUT2D eigenvalue weighted by molar-refractivity contribution is 5.59. The maximum absolute atomic E-state index is 6.08. The monoisotopic (exact) mass is 476 g/mol. The fourth-order valence-corrected chi connectivity index (χ4v) is 4.07. The Labute approximate surface area is 211 Å². The second kappa shape index (κ2) is 9.70. The van der Waals surface area contributed by atoms with Gasteiger partial charge in [0, 0.05) is 16.5 Å². The zero-order chi connectivity index (χ0) is 25.1. The predicted octanol–water partition coefficient (Wildman–Crippen LogP) is 7.84. The largest absolute Gasteiger partial charge is 0.497 e. The molecule has 0 N–H and O–H groups in total. The van der Waals surface area contributed by atoms with Crippen molar-refractivity contribution in [3.63, 3.8) is 0 Å². The van der Waals surface area contributed by atoms with Crippen LogP contribution in [0.5, 0.6) is 17.2 Å². The minimum Gasteiger partial charge on any atom is -0.497 e. The third-order valence-corrected chi connectivity index (χ3v) is 6.45. The first-order chi connectivity index (χ1) is 17.4. The van der Waals surface area contributed by atoms with Crippen molar-refractivity contribution in [3.05, 3.63) is 114 Å². The van der Waals surface area contributed by atoms with Crippen molar-refractivity contribution in [3.8, 4) is 40.2 Å². The molecule has 36 heavy (non-hydrogen) atoms. The van der Waals surface area contributed by atoms with Crippen LogP contribution in [0.15, 0.2) is 101 Å². The minimum atomic E-state index is -0.0946. The molecule has 0 fully saturated rings. The molecule has 0 radical (unpaired) electrons. The molecule has 0 atom stereocenters. The maximum Gasteiger partial charge on any atom is 0.248 e.